The van der Waals surface area contributed by atoms with Crippen LogP contribution in [0.3, 0.4) is 0 Å². The number of phenolic OH excluding ortho intramolecular Hbond substituents is 1. The fourth-order valence-electron chi connectivity index (χ4n) is 3.75. The van der Waals surface area contributed by atoms with Crippen LogP contribution in [0, 0.1) is 3.57 Å². The molecule has 2 aromatic rings. The number of sulfonamides is 1. The number of amides is 3. The molecular formula is C22H25IN6O5S. The second-order valence-corrected chi connectivity index (χ2v) is 10.9. The number of benzene rings is 2. The first kappa shape index (κ1) is 26.6. The molecule has 0 spiro atoms. The Kier molecular flexibility index (Phi) is 9.18. The van der Waals surface area contributed by atoms with E-state index in [0.29, 0.717) is 9.99 Å². The molecule has 186 valence electrons. The van der Waals surface area contributed by atoms with E-state index in [1.54, 1.807) is 12.1 Å². The standard InChI is InChI=1S/C22H25IN6O5S/c23-18-12-17(20(30)13-19(18)27-29-24)21(31)25-11-10-14-6-8-16(9-7-14)35(33,34)28-22(32)26-15-4-2-1-3-5-15/h6-9,12-13,15,30H,1-5,10-11H2,(H,25,31)(H2,26,28,32)/i23-2. The highest BCUT2D eigenvalue weighted by molar-refractivity contribution is 14.1. The van der Waals surface area contributed by atoms with Gasteiger partial charge in [0, 0.05) is 21.1 Å². The first-order valence-corrected chi connectivity index (χ1v) is 13.5. The van der Waals surface area contributed by atoms with Crippen molar-refractivity contribution in [3.05, 3.63) is 61.5 Å². The summed E-state index contributed by atoms with van der Waals surface area (Å²) < 4.78 is 27.6. The minimum absolute atomic E-state index is 0.00842. The fourth-order valence-corrected chi connectivity index (χ4v) is 5.24. The zero-order valence-electron chi connectivity index (χ0n) is 18.7. The normalized spacial score (nSPS) is 14.0. The number of phenols is 1. The maximum Gasteiger partial charge on any atom is 0.328 e. The molecule has 3 amide bonds. The Morgan fingerprint density at radius 3 is 2.49 bits per heavy atom. The summed E-state index contributed by atoms with van der Waals surface area (Å²) >= 11 is 1.90. The third-order valence-electron chi connectivity index (χ3n) is 5.56. The lowest BCUT2D eigenvalue weighted by Gasteiger charge is -2.22. The summed E-state index contributed by atoms with van der Waals surface area (Å²) in [6.07, 6.45) is 5.27. The molecule has 1 saturated carbocycles. The third-order valence-corrected chi connectivity index (χ3v) is 7.77. The Bertz CT molecular complexity index is 1240. The van der Waals surface area contributed by atoms with Crippen molar-refractivity contribution in [1.29, 1.82) is 0 Å². The van der Waals surface area contributed by atoms with Crippen LogP contribution in [0.1, 0.15) is 48.0 Å². The molecule has 0 radical (unpaired) electrons. The number of halogens is 1. The maximum absolute atomic E-state index is 12.5. The van der Waals surface area contributed by atoms with Gasteiger partial charge in [0.2, 0.25) is 0 Å². The van der Waals surface area contributed by atoms with E-state index >= 15 is 0 Å². The topological polar surface area (TPSA) is 173 Å². The van der Waals surface area contributed by atoms with Gasteiger partial charge >= 0.3 is 6.03 Å². The summed E-state index contributed by atoms with van der Waals surface area (Å²) in [6.45, 7) is 0.237. The van der Waals surface area contributed by atoms with Crippen LogP contribution in [0.2, 0.25) is 0 Å². The number of aromatic hydroxyl groups is 1. The zero-order chi connectivity index (χ0) is 25.4. The molecule has 0 atom stereocenters. The lowest BCUT2D eigenvalue weighted by Crippen LogP contribution is -2.45. The van der Waals surface area contributed by atoms with Gasteiger partial charge in [0.25, 0.3) is 15.9 Å². The molecule has 1 aliphatic carbocycles. The molecule has 0 heterocycles. The van der Waals surface area contributed by atoms with Crippen molar-refractivity contribution >= 4 is 50.2 Å². The molecule has 11 nitrogen and oxygen atoms in total. The van der Waals surface area contributed by atoms with Crippen LogP contribution in [0.15, 0.2) is 46.4 Å². The van der Waals surface area contributed by atoms with Gasteiger partial charge in [0.15, 0.2) is 0 Å². The van der Waals surface area contributed by atoms with E-state index in [-0.39, 0.29) is 34.5 Å². The minimum Gasteiger partial charge on any atom is -0.507 e. The molecule has 1 aliphatic rings. The van der Waals surface area contributed by atoms with Gasteiger partial charge in [-0.05, 0) is 77.2 Å². The van der Waals surface area contributed by atoms with Crippen molar-refractivity contribution in [2.24, 2.45) is 5.11 Å². The number of nitrogens with zero attached hydrogens (tertiary/aromatic N) is 3. The van der Waals surface area contributed by atoms with Crippen LogP contribution in [0.4, 0.5) is 10.5 Å². The van der Waals surface area contributed by atoms with E-state index in [0.717, 1.165) is 37.7 Å². The smallest absolute Gasteiger partial charge is 0.328 e. The van der Waals surface area contributed by atoms with Gasteiger partial charge in [-0.25, -0.2) is 17.9 Å². The Hall–Kier alpha value is -3.03. The number of azide groups is 1. The molecule has 0 bridgehead atoms. The summed E-state index contributed by atoms with van der Waals surface area (Å²) in [6, 6.07) is 7.92. The molecular weight excluding hydrogens is 585 g/mol. The first-order chi connectivity index (χ1) is 16.7. The molecule has 0 aliphatic heterocycles. The van der Waals surface area contributed by atoms with E-state index in [1.807, 2.05) is 22.6 Å². The SMILES string of the molecule is [N-]=[N+]=Nc1cc(O)c(C(=O)NCCc2ccc(S(=O)(=O)NC(=O)NC3CCCCC3)cc2)cc1[125I]. The van der Waals surface area contributed by atoms with Crippen molar-refractivity contribution in [3.8, 4) is 5.75 Å². The lowest BCUT2D eigenvalue weighted by atomic mass is 9.96. The molecule has 4 N–H and O–H groups in total. The number of hydrogen-bond donors (Lipinski definition) is 4. The molecule has 0 saturated heterocycles. The van der Waals surface area contributed by atoms with Gasteiger partial charge in [-0.15, -0.1) is 0 Å². The summed E-state index contributed by atoms with van der Waals surface area (Å²) in [7, 11) is -4.00. The minimum atomic E-state index is -4.00. The van der Waals surface area contributed by atoms with E-state index in [4.69, 9.17) is 5.53 Å². The third kappa shape index (κ3) is 7.47. The zero-order valence-corrected chi connectivity index (χ0v) is 21.7. The quantitative estimate of drug-likeness (QED) is 0.151. The second kappa shape index (κ2) is 12.1. The maximum atomic E-state index is 12.5. The summed E-state index contributed by atoms with van der Waals surface area (Å²) in [5.41, 5.74) is 9.58. The van der Waals surface area contributed by atoms with Gasteiger partial charge < -0.3 is 15.7 Å². The second-order valence-electron chi connectivity index (χ2n) is 8.07. The molecule has 2 aromatic carbocycles. The van der Waals surface area contributed by atoms with Crippen LogP contribution in [-0.4, -0.2) is 38.0 Å². The monoisotopic (exact) mass is 610 g/mol. The number of rotatable bonds is 8. The summed E-state index contributed by atoms with van der Waals surface area (Å²) in [5.74, 6) is -0.805. The number of hydrogen-bond acceptors (Lipinski definition) is 6. The average molecular weight is 610 g/mol. The van der Waals surface area contributed by atoms with Crippen molar-refractivity contribution in [2.45, 2.75) is 49.5 Å². The van der Waals surface area contributed by atoms with Crippen LogP contribution < -0.4 is 15.4 Å². The molecule has 3 rings (SSSR count). The first-order valence-electron chi connectivity index (χ1n) is 11.0. The molecule has 35 heavy (non-hydrogen) atoms. The number of carbonyl (C=O) groups is 2. The Morgan fingerprint density at radius 1 is 1.14 bits per heavy atom. The lowest BCUT2D eigenvalue weighted by molar-refractivity contribution is 0.0951. The van der Waals surface area contributed by atoms with E-state index in [9.17, 15) is 23.1 Å². The number of carbonyl (C=O) groups excluding carboxylic acids is 2. The van der Waals surface area contributed by atoms with Gasteiger partial charge in [0.1, 0.15) is 5.75 Å². The predicted octanol–water partition coefficient (Wildman–Crippen LogP) is 4.23. The Morgan fingerprint density at radius 2 is 1.83 bits per heavy atom. The van der Waals surface area contributed by atoms with Crippen LogP contribution >= 0.6 is 22.6 Å². The summed E-state index contributed by atoms with van der Waals surface area (Å²) in [4.78, 5) is 27.1. The van der Waals surface area contributed by atoms with Crippen LogP contribution in [0.5, 0.6) is 5.75 Å². The average Bonchev–Trinajstić information content (AvgIpc) is 2.82. The highest BCUT2D eigenvalue weighted by atomic mass is 125. The largest absolute Gasteiger partial charge is 0.507 e. The van der Waals surface area contributed by atoms with Gasteiger partial charge in [-0.3, -0.25) is 4.79 Å². The molecule has 13 heteroatoms. The Balaban J connectivity index is 1.52. The van der Waals surface area contributed by atoms with Crippen LogP contribution in [-0.2, 0) is 16.4 Å². The van der Waals surface area contributed by atoms with Crippen molar-refractivity contribution < 1.29 is 23.1 Å². The van der Waals surface area contributed by atoms with Crippen molar-refractivity contribution in [2.75, 3.05) is 6.54 Å². The molecule has 0 unspecified atom stereocenters. The Labute approximate surface area is 216 Å². The fraction of sp³-hybridized carbons (Fsp3) is 0.364. The highest BCUT2D eigenvalue weighted by Gasteiger charge is 2.21. The number of urea groups is 1. The van der Waals surface area contributed by atoms with Gasteiger partial charge in [-0.2, -0.15) is 0 Å². The molecule has 1 fully saturated rings. The van der Waals surface area contributed by atoms with E-state index in [2.05, 4.69) is 25.4 Å². The van der Waals surface area contributed by atoms with E-state index in [1.165, 1.54) is 24.3 Å². The van der Waals surface area contributed by atoms with Gasteiger partial charge in [0.05, 0.1) is 16.1 Å². The predicted molar refractivity (Wildman–Crippen MR) is 138 cm³/mol. The van der Waals surface area contributed by atoms with Crippen LogP contribution in [0.25, 0.3) is 10.4 Å². The number of nitrogens with one attached hydrogen (secondary N) is 3. The highest BCUT2D eigenvalue weighted by Crippen LogP contribution is 2.30. The van der Waals surface area contributed by atoms with Gasteiger partial charge in [-0.1, -0.05) is 36.5 Å². The van der Waals surface area contributed by atoms with E-state index < -0.39 is 22.0 Å². The van der Waals surface area contributed by atoms with Crippen molar-refractivity contribution in [1.82, 2.24) is 15.4 Å². The summed E-state index contributed by atoms with van der Waals surface area (Å²) in [5, 5.41) is 18.9. The molecule has 0 aromatic heterocycles. The van der Waals surface area contributed by atoms with Crippen molar-refractivity contribution in [3.63, 3.8) is 0 Å².